The number of nitrogens with one attached hydrogen (secondary N) is 1. The van der Waals surface area contributed by atoms with Crippen LogP contribution in [0.4, 0.5) is 13.6 Å². The summed E-state index contributed by atoms with van der Waals surface area (Å²) in [5.74, 6) is -1.37. The third-order valence-corrected chi connectivity index (χ3v) is 5.89. The van der Waals surface area contributed by atoms with Crippen LogP contribution < -0.4 is 4.72 Å². The van der Waals surface area contributed by atoms with Gasteiger partial charge in [-0.25, -0.2) is 18.3 Å². The van der Waals surface area contributed by atoms with E-state index < -0.39 is 40.0 Å². The largest absolute Gasteiger partial charge is 0.464 e. The molecular formula is C18H18F2N2O5S. The first-order valence-electron chi connectivity index (χ1n) is 8.39. The molecule has 28 heavy (non-hydrogen) atoms. The maximum absolute atomic E-state index is 13.4. The monoisotopic (exact) mass is 412 g/mol. The molecule has 150 valence electrons. The van der Waals surface area contributed by atoms with Crippen molar-refractivity contribution < 1.29 is 31.8 Å². The van der Waals surface area contributed by atoms with E-state index in [1.54, 1.807) is 24.3 Å². The number of nitrogens with zero attached hydrogens (tertiary/aromatic N) is 1. The zero-order chi connectivity index (χ0) is 20.3. The van der Waals surface area contributed by atoms with Crippen LogP contribution in [0, 0.1) is 11.6 Å². The van der Waals surface area contributed by atoms with E-state index in [9.17, 15) is 22.0 Å². The summed E-state index contributed by atoms with van der Waals surface area (Å²) in [6.07, 6.45) is -2.37. The second-order valence-electron chi connectivity index (χ2n) is 6.26. The lowest BCUT2D eigenvalue weighted by atomic mass is 9.86. The molecule has 1 unspecified atom stereocenters. The van der Waals surface area contributed by atoms with Crippen molar-refractivity contribution in [2.75, 3.05) is 19.7 Å². The van der Waals surface area contributed by atoms with Crippen LogP contribution in [0.1, 0.15) is 17.0 Å². The number of carboxylic acid groups (broad SMARTS) is 1. The van der Waals surface area contributed by atoms with Crippen molar-refractivity contribution in [3.05, 3.63) is 71.3 Å². The maximum atomic E-state index is 13.4. The molecule has 2 aromatic rings. The third-order valence-electron chi connectivity index (χ3n) is 4.44. The Morgan fingerprint density at radius 3 is 2.04 bits per heavy atom. The first-order valence-corrected chi connectivity index (χ1v) is 9.83. The molecule has 2 aromatic carbocycles. The fraction of sp³-hybridized carbons (Fsp3) is 0.278. The van der Waals surface area contributed by atoms with Crippen LogP contribution in [0.5, 0.6) is 0 Å². The summed E-state index contributed by atoms with van der Waals surface area (Å²) < 4.78 is 59.4. The summed E-state index contributed by atoms with van der Waals surface area (Å²) >= 11 is 0. The van der Waals surface area contributed by atoms with Gasteiger partial charge in [0.1, 0.15) is 11.6 Å². The average Bonchev–Trinajstić information content (AvgIpc) is 2.64. The average molecular weight is 412 g/mol. The predicted molar refractivity (Wildman–Crippen MR) is 96.0 cm³/mol. The van der Waals surface area contributed by atoms with Gasteiger partial charge < -0.3 is 9.84 Å². The second-order valence-corrected chi connectivity index (χ2v) is 7.93. The van der Waals surface area contributed by atoms with Crippen molar-refractivity contribution in [2.45, 2.75) is 12.0 Å². The summed E-state index contributed by atoms with van der Waals surface area (Å²) in [7, 11) is -4.24. The SMILES string of the molecule is O=C(O)NS(=O)(=O)N1CCOC(C(c2ccc(F)cc2)c2ccc(F)cc2)C1. The molecular weight excluding hydrogens is 394 g/mol. The van der Waals surface area contributed by atoms with E-state index >= 15 is 0 Å². The second kappa shape index (κ2) is 8.21. The van der Waals surface area contributed by atoms with Crippen molar-refractivity contribution in [1.82, 2.24) is 9.03 Å². The zero-order valence-corrected chi connectivity index (χ0v) is 15.4. The molecule has 3 rings (SSSR count). The lowest BCUT2D eigenvalue weighted by Gasteiger charge is -2.36. The van der Waals surface area contributed by atoms with Crippen LogP contribution >= 0.6 is 0 Å². The van der Waals surface area contributed by atoms with Gasteiger partial charge in [0.2, 0.25) is 0 Å². The highest BCUT2D eigenvalue weighted by molar-refractivity contribution is 7.87. The van der Waals surface area contributed by atoms with E-state index in [0.717, 1.165) is 4.31 Å². The minimum absolute atomic E-state index is 0.0152. The molecule has 0 bridgehead atoms. The van der Waals surface area contributed by atoms with Crippen LogP contribution in [0.2, 0.25) is 0 Å². The highest BCUT2D eigenvalue weighted by Crippen LogP contribution is 2.32. The molecule has 10 heteroatoms. The lowest BCUT2D eigenvalue weighted by molar-refractivity contribution is -0.0103. The number of ether oxygens (including phenoxy) is 1. The van der Waals surface area contributed by atoms with Gasteiger partial charge in [-0.1, -0.05) is 24.3 Å². The standard InChI is InChI=1S/C18H18F2N2O5S/c19-14-5-1-12(2-6-14)17(13-3-7-15(20)8-4-13)16-11-22(9-10-27-16)28(25,26)21-18(23)24/h1-8,16-17,21H,9-11H2,(H,23,24). The van der Waals surface area contributed by atoms with Crippen LogP contribution in [0.3, 0.4) is 0 Å². The number of rotatable bonds is 5. The maximum Gasteiger partial charge on any atom is 0.419 e. The number of benzene rings is 2. The molecule has 1 fully saturated rings. The molecule has 1 amide bonds. The van der Waals surface area contributed by atoms with Gasteiger partial charge in [-0.15, -0.1) is 0 Å². The van der Waals surface area contributed by atoms with Crippen LogP contribution in [-0.2, 0) is 14.9 Å². The number of morpholine rings is 1. The van der Waals surface area contributed by atoms with Crippen LogP contribution in [0.15, 0.2) is 48.5 Å². The van der Waals surface area contributed by atoms with Gasteiger partial charge >= 0.3 is 16.3 Å². The van der Waals surface area contributed by atoms with E-state index in [2.05, 4.69) is 0 Å². The molecule has 7 nitrogen and oxygen atoms in total. The van der Waals surface area contributed by atoms with Crippen molar-refractivity contribution >= 4 is 16.3 Å². The highest BCUT2D eigenvalue weighted by Gasteiger charge is 2.36. The van der Waals surface area contributed by atoms with E-state index in [0.29, 0.717) is 11.1 Å². The first-order chi connectivity index (χ1) is 13.3. The summed E-state index contributed by atoms with van der Waals surface area (Å²) in [4.78, 5) is 10.8. The Morgan fingerprint density at radius 2 is 1.57 bits per heavy atom. The Labute approximate surface area is 160 Å². The normalized spacial score (nSPS) is 18.2. The van der Waals surface area contributed by atoms with Gasteiger partial charge in [-0.2, -0.15) is 12.7 Å². The van der Waals surface area contributed by atoms with Crippen molar-refractivity contribution in [1.29, 1.82) is 0 Å². The molecule has 1 atom stereocenters. The Hall–Kier alpha value is -2.56. The van der Waals surface area contributed by atoms with Gasteiger partial charge in [-0.05, 0) is 35.4 Å². The smallest absolute Gasteiger partial charge is 0.419 e. The molecule has 2 N–H and O–H groups in total. The fourth-order valence-corrected chi connectivity index (χ4v) is 4.22. The third kappa shape index (κ3) is 4.64. The van der Waals surface area contributed by atoms with Crippen LogP contribution in [0.25, 0.3) is 0 Å². The van der Waals surface area contributed by atoms with Gasteiger partial charge in [0.15, 0.2) is 0 Å². The topological polar surface area (TPSA) is 95.9 Å². The lowest BCUT2D eigenvalue weighted by Crippen LogP contribution is -2.52. The minimum atomic E-state index is -4.24. The Balaban J connectivity index is 1.94. The van der Waals surface area contributed by atoms with Gasteiger partial charge in [0, 0.05) is 19.0 Å². The van der Waals surface area contributed by atoms with Crippen molar-refractivity contribution in [2.24, 2.45) is 0 Å². The summed E-state index contributed by atoms with van der Waals surface area (Å²) in [6, 6.07) is 11.3. The summed E-state index contributed by atoms with van der Waals surface area (Å²) in [5.41, 5.74) is 1.31. The minimum Gasteiger partial charge on any atom is -0.464 e. The molecule has 0 aromatic heterocycles. The Morgan fingerprint density at radius 1 is 1.07 bits per heavy atom. The quantitative estimate of drug-likeness (QED) is 0.786. The summed E-state index contributed by atoms with van der Waals surface area (Å²) in [6.45, 7) is -0.0925. The molecule has 0 aliphatic carbocycles. The van der Waals surface area contributed by atoms with Gasteiger partial charge in [0.05, 0.1) is 12.7 Å². The number of hydrogen-bond donors (Lipinski definition) is 2. The van der Waals surface area contributed by atoms with Gasteiger partial charge in [0.25, 0.3) is 0 Å². The van der Waals surface area contributed by atoms with Gasteiger partial charge in [-0.3, -0.25) is 0 Å². The fourth-order valence-electron chi connectivity index (χ4n) is 3.21. The number of carbonyl (C=O) groups is 1. The molecule has 1 saturated heterocycles. The first kappa shape index (κ1) is 20.2. The molecule has 0 spiro atoms. The molecule has 1 aliphatic heterocycles. The Bertz CT molecular complexity index is 890. The number of hydrogen-bond acceptors (Lipinski definition) is 4. The number of halogens is 2. The van der Waals surface area contributed by atoms with E-state index in [4.69, 9.17) is 9.84 Å². The molecule has 0 saturated carbocycles. The van der Waals surface area contributed by atoms with E-state index in [-0.39, 0.29) is 19.7 Å². The number of amides is 1. The van der Waals surface area contributed by atoms with Crippen LogP contribution in [-0.4, -0.2) is 49.7 Å². The Kier molecular flexibility index (Phi) is 5.92. The van der Waals surface area contributed by atoms with E-state index in [1.165, 1.54) is 29.0 Å². The predicted octanol–water partition coefficient (Wildman–Crippen LogP) is 2.31. The molecule has 0 radical (unpaired) electrons. The molecule has 1 heterocycles. The zero-order valence-electron chi connectivity index (χ0n) is 14.6. The van der Waals surface area contributed by atoms with E-state index in [1.807, 2.05) is 0 Å². The highest BCUT2D eigenvalue weighted by atomic mass is 32.2. The molecule has 1 aliphatic rings. The summed E-state index contributed by atoms with van der Waals surface area (Å²) in [5, 5.41) is 8.74. The van der Waals surface area contributed by atoms with Crippen molar-refractivity contribution in [3.63, 3.8) is 0 Å². The van der Waals surface area contributed by atoms with Crippen molar-refractivity contribution in [3.8, 4) is 0 Å².